The number of anilines is 1. The third kappa shape index (κ3) is 6.23. The molecule has 1 fully saturated rings. The molecule has 3 rings (SSSR count). The normalized spacial score (nSPS) is 15.1. The molecule has 0 saturated carbocycles. The van der Waals surface area contributed by atoms with Gasteiger partial charge in [0.25, 0.3) is 0 Å². The number of nitrogens with one attached hydrogen (secondary N) is 1. The lowest BCUT2D eigenvalue weighted by Crippen LogP contribution is -2.43. The smallest absolute Gasteiger partial charge is 0.248 e. The number of ether oxygens (including phenoxy) is 3. The molecule has 1 heterocycles. The van der Waals surface area contributed by atoms with Gasteiger partial charge in [0, 0.05) is 44.5 Å². The van der Waals surface area contributed by atoms with Gasteiger partial charge in [-0.15, -0.1) is 0 Å². The van der Waals surface area contributed by atoms with Crippen LogP contribution in [0.1, 0.15) is 11.1 Å². The van der Waals surface area contributed by atoms with Gasteiger partial charge in [0.05, 0.1) is 21.3 Å². The molecule has 7 nitrogen and oxygen atoms in total. The van der Waals surface area contributed by atoms with Crippen molar-refractivity contribution in [3.8, 4) is 17.2 Å². The molecule has 1 aliphatic rings. The number of hydrogen-bond donors (Lipinski definition) is 1. The summed E-state index contributed by atoms with van der Waals surface area (Å²) in [5, 5.41) is 2.90. The van der Waals surface area contributed by atoms with Crippen molar-refractivity contribution in [1.82, 2.24) is 9.80 Å². The monoisotopic (exact) mass is 425 g/mol. The molecule has 31 heavy (non-hydrogen) atoms. The quantitative estimate of drug-likeness (QED) is 0.656. The van der Waals surface area contributed by atoms with E-state index in [0.717, 1.165) is 44.0 Å². The highest BCUT2D eigenvalue weighted by Crippen LogP contribution is 2.38. The van der Waals surface area contributed by atoms with Crippen LogP contribution in [0.5, 0.6) is 17.2 Å². The van der Waals surface area contributed by atoms with Gasteiger partial charge in [0.15, 0.2) is 11.5 Å². The number of piperazine rings is 1. The summed E-state index contributed by atoms with van der Waals surface area (Å²) >= 11 is 0. The van der Waals surface area contributed by atoms with Crippen LogP contribution < -0.4 is 19.5 Å². The Morgan fingerprint density at radius 3 is 2.13 bits per heavy atom. The van der Waals surface area contributed by atoms with Crippen LogP contribution in [-0.2, 0) is 11.3 Å². The molecule has 166 valence electrons. The first kappa shape index (κ1) is 22.7. The number of carbonyl (C=O) groups excluding carboxylic acids is 1. The first-order valence-electron chi connectivity index (χ1n) is 10.3. The Morgan fingerprint density at radius 2 is 1.58 bits per heavy atom. The van der Waals surface area contributed by atoms with E-state index in [1.165, 1.54) is 11.6 Å². The summed E-state index contributed by atoms with van der Waals surface area (Å²) in [6.07, 6.45) is 3.19. The topological polar surface area (TPSA) is 63.3 Å². The average molecular weight is 426 g/mol. The molecular weight excluding hydrogens is 394 g/mol. The lowest BCUT2D eigenvalue weighted by Gasteiger charge is -2.32. The summed E-state index contributed by atoms with van der Waals surface area (Å²) < 4.78 is 16.0. The molecule has 0 aromatic heterocycles. The van der Waals surface area contributed by atoms with E-state index in [1.807, 2.05) is 12.1 Å². The van der Waals surface area contributed by atoms with Crippen LogP contribution >= 0.6 is 0 Å². The van der Waals surface area contributed by atoms with Gasteiger partial charge < -0.3 is 24.4 Å². The summed E-state index contributed by atoms with van der Waals surface area (Å²) in [6.45, 7) is 5.31. The summed E-state index contributed by atoms with van der Waals surface area (Å²) in [7, 11) is 6.83. The van der Waals surface area contributed by atoms with Gasteiger partial charge >= 0.3 is 0 Å². The van der Waals surface area contributed by atoms with E-state index < -0.39 is 0 Å². The van der Waals surface area contributed by atoms with Gasteiger partial charge in [0.2, 0.25) is 11.7 Å². The van der Waals surface area contributed by atoms with E-state index in [0.29, 0.717) is 17.2 Å². The summed E-state index contributed by atoms with van der Waals surface area (Å²) in [5.74, 6) is 1.39. The molecule has 0 unspecified atom stereocenters. The molecule has 0 spiro atoms. The Bertz CT molecular complexity index is 879. The van der Waals surface area contributed by atoms with Crippen LogP contribution in [-0.4, -0.2) is 70.3 Å². The van der Waals surface area contributed by atoms with Gasteiger partial charge in [-0.25, -0.2) is 0 Å². The zero-order valence-electron chi connectivity index (χ0n) is 18.7. The lowest BCUT2D eigenvalue weighted by molar-refractivity contribution is -0.111. The predicted octanol–water partition coefficient (Wildman–Crippen LogP) is 3.11. The Labute approximate surface area is 184 Å². The number of hydrogen-bond acceptors (Lipinski definition) is 6. The summed E-state index contributed by atoms with van der Waals surface area (Å²) in [4.78, 5) is 17.2. The summed E-state index contributed by atoms with van der Waals surface area (Å²) in [6, 6.07) is 11.6. The molecule has 1 aliphatic heterocycles. The first-order chi connectivity index (χ1) is 15.0. The molecule has 1 saturated heterocycles. The second-order valence-corrected chi connectivity index (χ2v) is 7.56. The second-order valence-electron chi connectivity index (χ2n) is 7.56. The van der Waals surface area contributed by atoms with E-state index in [-0.39, 0.29) is 5.91 Å². The first-order valence-corrected chi connectivity index (χ1v) is 10.3. The van der Waals surface area contributed by atoms with Crippen molar-refractivity contribution in [1.29, 1.82) is 0 Å². The molecular formula is C24H31N3O4. The number of amides is 1. The zero-order chi connectivity index (χ0) is 22.2. The maximum atomic E-state index is 12.4. The lowest BCUT2D eigenvalue weighted by atomic mass is 10.1. The zero-order valence-corrected chi connectivity index (χ0v) is 18.7. The van der Waals surface area contributed by atoms with Gasteiger partial charge in [-0.05, 0) is 48.5 Å². The molecule has 1 N–H and O–H groups in total. The number of rotatable bonds is 8. The molecule has 0 aliphatic carbocycles. The van der Waals surface area contributed by atoms with E-state index in [1.54, 1.807) is 39.5 Å². The van der Waals surface area contributed by atoms with Gasteiger partial charge in [-0.3, -0.25) is 9.69 Å². The molecule has 0 atom stereocenters. The molecule has 2 aromatic rings. The Balaban J connectivity index is 1.58. The molecule has 2 aromatic carbocycles. The van der Waals surface area contributed by atoms with E-state index in [4.69, 9.17) is 14.2 Å². The van der Waals surface area contributed by atoms with E-state index in [9.17, 15) is 4.79 Å². The van der Waals surface area contributed by atoms with Crippen molar-refractivity contribution in [2.75, 3.05) is 59.9 Å². The number of nitrogens with zero attached hydrogens (tertiary/aromatic N) is 2. The Hall–Kier alpha value is -3.03. The van der Waals surface area contributed by atoms with E-state index in [2.05, 4.69) is 34.3 Å². The van der Waals surface area contributed by atoms with Crippen LogP contribution in [0.2, 0.25) is 0 Å². The number of carbonyl (C=O) groups is 1. The minimum atomic E-state index is -0.208. The second kappa shape index (κ2) is 10.8. The minimum Gasteiger partial charge on any atom is -0.493 e. The highest BCUT2D eigenvalue weighted by molar-refractivity contribution is 6.02. The minimum absolute atomic E-state index is 0.208. The van der Waals surface area contributed by atoms with Crippen LogP contribution in [0.4, 0.5) is 5.69 Å². The van der Waals surface area contributed by atoms with Crippen LogP contribution in [0, 0.1) is 0 Å². The predicted molar refractivity (Wildman–Crippen MR) is 123 cm³/mol. The highest BCUT2D eigenvalue weighted by atomic mass is 16.5. The van der Waals surface area contributed by atoms with Gasteiger partial charge in [-0.2, -0.15) is 0 Å². The van der Waals surface area contributed by atoms with Crippen LogP contribution in [0.15, 0.2) is 42.5 Å². The van der Waals surface area contributed by atoms with Crippen molar-refractivity contribution in [3.63, 3.8) is 0 Å². The maximum Gasteiger partial charge on any atom is 0.248 e. The number of methoxy groups -OCH3 is 3. The van der Waals surface area contributed by atoms with Crippen molar-refractivity contribution >= 4 is 17.7 Å². The fraction of sp³-hybridized carbons (Fsp3) is 0.375. The molecule has 0 radical (unpaired) electrons. The fourth-order valence-corrected chi connectivity index (χ4v) is 3.51. The van der Waals surface area contributed by atoms with Gasteiger partial charge in [0.1, 0.15) is 0 Å². The number of benzene rings is 2. The van der Waals surface area contributed by atoms with Crippen LogP contribution in [0.3, 0.4) is 0 Å². The number of likely N-dealkylation sites (N-methyl/N-ethyl adjacent to an activating group) is 1. The molecule has 1 amide bonds. The van der Waals surface area contributed by atoms with Crippen molar-refractivity contribution in [2.24, 2.45) is 0 Å². The van der Waals surface area contributed by atoms with Gasteiger partial charge in [-0.1, -0.05) is 12.1 Å². The van der Waals surface area contributed by atoms with Crippen LogP contribution in [0.25, 0.3) is 6.08 Å². The van der Waals surface area contributed by atoms with E-state index >= 15 is 0 Å². The molecule has 0 bridgehead atoms. The van der Waals surface area contributed by atoms with Crippen molar-refractivity contribution in [2.45, 2.75) is 6.54 Å². The largest absolute Gasteiger partial charge is 0.493 e. The molecule has 7 heteroatoms. The Kier molecular flexibility index (Phi) is 7.92. The Morgan fingerprint density at radius 1 is 0.968 bits per heavy atom. The third-order valence-electron chi connectivity index (χ3n) is 5.34. The third-order valence-corrected chi connectivity index (χ3v) is 5.34. The summed E-state index contributed by atoms with van der Waals surface area (Å²) in [5.41, 5.74) is 2.78. The van der Waals surface area contributed by atoms with Crippen molar-refractivity contribution in [3.05, 3.63) is 53.6 Å². The fourth-order valence-electron chi connectivity index (χ4n) is 3.51. The highest BCUT2D eigenvalue weighted by Gasteiger charge is 2.14. The maximum absolute atomic E-state index is 12.4. The van der Waals surface area contributed by atoms with Crippen molar-refractivity contribution < 1.29 is 19.0 Å². The SMILES string of the molecule is COc1cc(/C=C/C(=O)Nc2ccc(CN3CCN(C)CC3)cc2)cc(OC)c1OC. The standard InChI is InChI=1S/C24H31N3O4/c1-26-11-13-27(14-12-26)17-18-5-8-20(9-6-18)25-23(28)10-7-19-15-21(29-2)24(31-4)22(16-19)30-3/h5-10,15-16H,11-14,17H2,1-4H3,(H,25,28)/b10-7+. The average Bonchev–Trinajstić information content (AvgIpc) is 2.79.